The first-order valence-corrected chi connectivity index (χ1v) is 9.37. The highest BCUT2D eigenvalue weighted by Crippen LogP contribution is 2.32. The Morgan fingerprint density at radius 3 is 1.40 bits per heavy atom. The minimum Gasteiger partial charge on any atom is -0.222 e. The standard InChI is InChI=1S/C14H14O3PS2/c1-19-13-7-3-11(4-8-13)16-18(15)17-12-5-9-14(20-2)10-6-12/h3-10H,1-2H3/q+1. The van der Waals surface area contributed by atoms with E-state index in [-0.39, 0.29) is 0 Å². The molecule has 104 valence electrons. The summed E-state index contributed by atoms with van der Waals surface area (Å²) in [6.07, 6.45) is 4.00. The average molecular weight is 325 g/mol. The molecule has 0 atom stereocenters. The van der Waals surface area contributed by atoms with Crippen molar-refractivity contribution in [3.05, 3.63) is 48.5 Å². The summed E-state index contributed by atoms with van der Waals surface area (Å²) in [6, 6.07) is 14.8. The summed E-state index contributed by atoms with van der Waals surface area (Å²) in [7, 11) is -2.22. The third-order valence-electron chi connectivity index (χ3n) is 2.48. The van der Waals surface area contributed by atoms with Crippen LogP contribution in [0, 0.1) is 0 Å². The van der Waals surface area contributed by atoms with Crippen LogP contribution in [0.15, 0.2) is 58.3 Å². The molecule has 0 aliphatic rings. The van der Waals surface area contributed by atoms with Gasteiger partial charge in [0.1, 0.15) is 0 Å². The molecule has 20 heavy (non-hydrogen) atoms. The van der Waals surface area contributed by atoms with Gasteiger partial charge in [-0.1, -0.05) is 0 Å². The molecule has 0 heterocycles. The van der Waals surface area contributed by atoms with Crippen molar-refractivity contribution in [3.63, 3.8) is 0 Å². The van der Waals surface area contributed by atoms with Crippen LogP contribution in [0.3, 0.4) is 0 Å². The van der Waals surface area contributed by atoms with Crippen molar-refractivity contribution in [1.29, 1.82) is 0 Å². The summed E-state index contributed by atoms with van der Waals surface area (Å²) in [6.45, 7) is 0. The molecular weight excluding hydrogens is 311 g/mol. The first kappa shape index (κ1) is 15.2. The van der Waals surface area contributed by atoms with Crippen molar-refractivity contribution in [2.45, 2.75) is 9.79 Å². The molecular formula is C14H14O3PS2+. The van der Waals surface area contributed by atoms with Gasteiger partial charge in [0.05, 0.1) is 0 Å². The molecule has 2 aromatic carbocycles. The molecule has 0 fully saturated rings. The van der Waals surface area contributed by atoms with Crippen molar-refractivity contribution < 1.29 is 13.6 Å². The fourth-order valence-corrected chi connectivity index (χ4v) is 2.91. The molecule has 0 saturated carbocycles. The van der Waals surface area contributed by atoms with Gasteiger partial charge in [-0.3, -0.25) is 0 Å². The number of thioether (sulfide) groups is 2. The zero-order valence-corrected chi connectivity index (χ0v) is 13.6. The van der Waals surface area contributed by atoms with Crippen molar-refractivity contribution >= 4 is 31.8 Å². The Kier molecular flexibility index (Phi) is 5.77. The van der Waals surface area contributed by atoms with E-state index in [9.17, 15) is 4.57 Å². The number of rotatable bonds is 6. The maximum Gasteiger partial charge on any atom is 0.805 e. The van der Waals surface area contributed by atoms with Crippen molar-refractivity contribution in [3.8, 4) is 11.5 Å². The van der Waals surface area contributed by atoms with Crippen LogP contribution in [0.2, 0.25) is 0 Å². The molecule has 0 aliphatic heterocycles. The highest BCUT2D eigenvalue weighted by Gasteiger charge is 2.23. The van der Waals surface area contributed by atoms with Crippen molar-refractivity contribution in [1.82, 2.24) is 0 Å². The molecule has 0 N–H and O–H groups in total. The van der Waals surface area contributed by atoms with Gasteiger partial charge in [0.25, 0.3) is 0 Å². The lowest BCUT2D eigenvalue weighted by molar-refractivity contribution is 0.415. The first-order valence-electron chi connectivity index (χ1n) is 5.82. The van der Waals surface area contributed by atoms with E-state index in [4.69, 9.17) is 9.05 Å². The molecule has 0 aromatic heterocycles. The molecule has 0 aliphatic carbocycles. The molecule has 6 heteroatoms. The minimum atomic E-state index is -2.22. The maximum atomic E-state index is 11.8. The van der Waals surface area contributed by atoms with E-state index in [1.807, 2.05) is 36.8 Å². The van der Waals surface area contributed by atoms with E-state index in [2.05, 4.69) is 0 Å². The highest BCUT2D eigenvalue weighted by molar-refractivity contribution is 7.98. The van der Waals surface area contributed by atoms with Crippen LogP contribution in [-0.4, -0.2) is 12.5 Å². The Labute approximate surface area is 128 Å². The summed E-state index contributed by atoms with van der Waals surface area (Å²) < 4.78 is 22.3. The molecule has 0 bridgehead atoms. The number of hydrogen-bond donors (Lipinski definition) is 0. The Balaban J connectivity index is 1.93. The van der Waals surface area contributed by atoms with E-state index >= 15 is 0 Å². The summed E-state index contributed by atoms with van der Waals surface area (Å²) in [5.74, 6) is 1.06. The lowest BCUT2D eigenvalue weighted by Crippen LogP contribution is -1.88. The molecule has 0 unspecified atom stereocenters. The van der Waals surface area contributed by atoms with Gasteiger partial charge in [-0.2, -0.15) is 0 Å². The van der Waals surface area contributed by atoms with Crippen LogP contribution in [0.5, 0.6) is 11.5 Å². The van der Waals surface area contributed by atoms with Crippen LogP contribution in [-0.2, 0) is 4.57 Å². The van der Waals surface area contributed by atoms with Gasteiger partial charge in [0, 0.05) is 14.4 Å². The first-order chi connectivity index (χ1) is 9.71. The Hall–Kier alpha value is -1.16. The summed E-state index contributed by atoms with van der Waals surface area (Å²) in [5, 5.41) is 0. The smallest absolute Gasteiger partial charge is 0.222 e. The normalized spacial score (nSPS) is 10.1. The topological polar surface area (TPSA) is 35.5 Å². The SMILES string of the molecule is CSc1ccc(O[P+](=O)Oc2ccc(SC)cc2)cc1. The fourth-order valence-electron chi connectivity index (χ4n) is 1.46. The number of hydrogen-bond acceptors (Lipinski definition) is 5. The lowest BCUT2D eigenvalue weighted by atomic mass is 10.3. The average Bonchev–Trinajstić information content (AvgIpc) is 2.49. The third-order valence-corrected chi connectivity index (χ3v) is 4.69. The van der Waals surface area contributed by atoms with Gasteiger partial charge in [-0.25, -0.2) is 9.05 Å². The van der Waals surface area contributed by atoms with E-state index in [1.54, 1.807) is 47.8 Å². The van der Waals surface area contributed by atoms with E-state index in [1.165, 1.54) is 0 Å². The second-order valence-corrected chi connectivity index (χ2v) is 6.33. The van der Waals surface area contributed by atoms with Gasteiger partial charge in [-0.15, -0.1) is 23.5 Å². The fraction of sp³-hybridized carbons (Fsp3) is 0.143. The molecule has 2 aromatic rings. The van der Waals surface area contributed by atoms with Crippen LogP contribution < -0.4 is 9.05 Å². The molecule has 0 radical (unpaired) electrons. The summed E-state index contributed by atoms with van der Waals surface area (Å²) >= 11 is 3.28. The van der Waals surface area contributed by atoms with Gasteiger partial charge >= 0.3 is 8.25 Å². The molecule has 0 spiro atoms. The minimum absolute atomic E-state index is 0.532. The van der Waals surface area contributed by atoms with Crippen LogP contribution >= 0.6 is 31.8 Å². The number of benzene rings is 2. The largest absolute Gasteiger partial charge is 0.805 e. The molecule has 2 rings (SSSR count). The zero-order valence-electron chi connectivity index (χ0n) is 11.1. The summed E-state index contributed by atoms with van der Waals surface area (Å²) in [5.41, 5.74) is 0. The zero-order chi connectivity index (χ0) is 14.4. The van der Waals surface area contributed by atoms with Crippen LogP contribution in [0.4, 0.5) is 0 Å². The molecule has 0 amide bonds. The maximum absolute atomic E-state index is 11.8. The Bertz CT molecular complexity index is 518. The van der Waals surface area contributed by atoms with Gasteiger partial charge in [-0.05, 0) is 61.0 Å². The van der Waals surface area contributed by atoms with Crippen LogP contribution in [0.1, 0.15) is 0 Å². The van der Waals surface area contributed by atoms with E-state index in [0.717, 1.165) is 9.79 Å². The van der Waals surface area contributed by atoms with Crippen LogP contribution in [0.25, 0.3) is 0 Å². The second-order valence-electron chi connectivity index (χ2n) is 3.76. The summed E-state index contributed by atoms with van der Waals surface area (Å²) in [4.78, 5) is 2.25. The van der Waals surface area contributed by atoms with Crippen molar-refractivity contribution in [2.75, 3.05) is 12.5 Å². The Morgan fingerprint density at radius 1 is 0.750 bits per heavy atom. The van der Waals surface area contributed by atoms with E-state index < -0.39 is 8.25 Å². The Morgan fingerprint density at radius 2 is 1.10 bits per heavy atom. The third kappa shape index (κ3) is 4.44. The molecule has 3 nitrogen and oxygen atoms in total. The monoisotopic (exact) mass is 325 g/mol. The van der Waals surface area contributed by atoms with Gasteiger partial charge in [0.2, 0.25) is 0 Å². The predicted octanol–water partition coefficient (Wildman–Crippen LogP) is 5.25. The van der Waals surface area contributed by atoms with E-state index in [0.29, 0.717) is 11.5 Å². The second kappa shape index (κ2) is 7.58. The highest BCUT2D eigenvalue weighted by atomic mass is 32.2. The van der Waals surface area contributed by atoms with Crippen molar-refractivity contribution in [2.24, 2.45) is 0 Å². The van der Waals surface area contributed by atoms with Gasteiger partial charge < -0.3 is 0 Å². The lowest BCUT2D eigenvalue weighted by Gasteiger charge is -1.97. The predicted molar refractivity (Wildman–Crippen MR) is 85.3 cm³/mol. The van der Waals surface area contributed by atoms with Gasteiger partial charge in [0.15, 0.2) is 11.5 Å². The molecule has 0 saturated heterocycles. The quantitative estimate of drug-likeness (QED) is 0.536.